The Morgan fingerprint density at radius 2 is 0.750 bits per heavy atom. The number of epoxide rings is 1. The molecule has 278 valence electrons. The van der Waals surface area contributed by atoms with Crippen molar-refractivity contribution < 1.29 is 36.5 Å². The molecule has 11 unspecified atom stereocenters. The highest BCUT2D eigenvalue weighted by atomic mass is 28.5. The highest BCUT2D eigenvalue weighted by Gasteiger charge is 2.57. The first-order valence-electron chi connectivity index (χ1n) is 20.3. The van der Waals surface area contributed by atoms with E-state index in [1.165, 1.54) is 38.5 Å². The van der Waals surface area contributed by atoms with E-state index in [4.69, 9.17) is 21.2 Å². The van der Waals surface area contributed by atoms with Crippen LogP contribution in [0.3, 0.4) is 0 Å². The zero-order valence-corrected chi connectivity index (χ0v) is 34.8. The summed E-state index contributed by atoms with van der Waals surface area (Å²) >= 11 is 0. The zero-order chi connectivity index (χ0) is 34.0. The van der Waals surface area contributed by atoms with Gasteiger partial charge in [0.05, 0.1) is 30.5 Å². The number of fused-ring (bicyclic) bond motifs is 1. The number of aliphatic hydroxyl groups is 3. The molecule has 2 heterocycles. The lowest BCUT2D eigenvalue weighted by atomic mass is 9.86. The van der Waals surface area contributed by atoms with E-state index in [1.807, 2.05) is 0 Å². The van der Waals surface area contributed by atoms with Crippen molar-refractivity contribution in [3.8, 4) is 0 Å². The maximum Gasteiger partial charge on any atom is 0.317 e. The molecule has 6 aliphatic rings. The summed E-state index contributed by atoms with van der Waals surface area (Å²) in [5.74, 6) is 2.26. The fraction of sp³-hybridized carbons (Fsp3) is 1.00. The summed E-state index contributed by atoms with van der Waals surface area (Å²) in [7, 11) is -10.8. The summed E-state index contributed by atoms with van der Waals surface area (Å²) in [5.41, 5.74) is 0. The van der Waals surface area contributed by atoms with Crippen molar-refractivity contribution in [1.82, 2.24) is 0 Å². The number of hydrogen-bond acceptors (Lipinski definition) is 8. The fourth-order valence-electron chi connectivity index (χ4n) is 10.5. The van der Waals surface area contributed by atoms with Crippen molar-refractivity contribution >= 4 is 34.2 Å². The Hall–Kier alpha value is 0.548. The molecule has 2 saturated heterocycles. The normalized spacial score (nSPS) is 48.7. The third-order valence-electron chi connectivity index (χ3n) is 13.1. The van der Waals surface area contributed by atoms with Crippen molar-refractivity contribution in [2.24, 2.45) is 23.7 Å². The summed E-state index contributed by atoms with van der Waals surface area (Å²) in [6.45, 7) is 9.27. The van der Waals surface area contributed by atoms with E-state index in [1.54, 1.807) is 0 Å². The Morgan fingerprint density at radius 3 is 1.06 bits per heavy atom. The van der Waals surface area contributed by atoms with Gasteiger partial charge in [-0.1, -0.05) is 38.5 Å². The van der Waals surface area contributed by atoms with E-state index in [-0.39, 0.29) is 18.3 Å². The third kappa shape index (κ3) is 11.0. The largest absolute Gasteiger partial charge is 0.416 e. The second kappa shape index (κ2) is 16.3. The second-order valence-corrected chi connectivity index (χ2v) is 32.4. The average Bonchev–Trinajstić information content (AvgIpc) is 3.80. The summed E-state index contributed by atoms with van der Waals surface area (Å²) < 4.78 is 36.1. The van der Waals surface area contributed by atoms with Gasteiger partial charge in [-0.2, -0.15) is 0 Å². The first-order chi connectivity index (χ1) is 22.8. The minimum atomic E-state index is -2.72. The lowest BCUT2D eigenvalue weighted by Gasteiger charge is -2.51. The molecule has 12 heteroatoms. The van der Waals surface area contributed by atoms with E-state index in [9.17, 15) is 15.3 Å². The Kier molecular flexibility index (Phi) is 13.0. The van der Waals surface area contributed by atoms with E-state index in [0.29, 0.717) is 35.9 Å². The molecule has 0 aromatic carbocycles. The lowest BCUT2D eigenvalue weighted by Crippen LogP contribution is -2.67. The molecule has 4 aliphatic carbocycles. The van der Waals surface area contributed by atoms with Gasteiger partial charge in [0, 0.05) is 0 Å². The molecule has 0 spiro atoms. The van der Waals surface area contributed by atoms with Crippen LogP contribution in [0.25, 0.3) is 0 Å². The number of ether oxygens (including phenoxy) is 1. The van der Waals surface area contributed by atoms with Crippen LogP contribution in [-0.4, -0.2) is 80.1 Å². The predicted molar refractivity (Wildman–Crippen MR) is 198 cm³/mol. The molecule has 6 fully saturated rings. The van der Waals surface area contributed by atoms with Gasteiger partial charge in [0.25, 0.3) is 0 Å². The number of aliphatic hydroxyl groups excluding tert-OH is 3. The van der Waals surface area contributed by atoms with Crippen LogP contribution in [0.15, 0.2) is 0 Å². The molecule has 0 aromatic heterocycles. The maximum atomic E-state index is 10.5. The van der Waals surface area contributed by atoms with Crippen molar-refractivity contribution in [2.75, 3.05) is 0 Å². The van der Waals surface area contributed by atoms with Crippen molar-refractivity contribution in [3.63, 3.8) is 0 Å². The first kappa shape index (κ1) is 38.3. The number of hydrogen-bond donors (Lipinski definition) is 3. The molecule has 11 atom stereocenters. The van der Waals surface area contributed by atoms with Gasteiger partial charge in [0.1, 0.15) is 0 Å². The number of rotatable bonds is 12. The first-order valence-corrected chi connectivity index (χ1v) is 30.4. The minimum Gasteiger partial charge on any atom is -0.416 e. The molecule has 3 N–H and O–H groups in total. The molecule has 0 bridgehead atoms. The van der Waals surface area contributed by atoms with Gasteiger partial charge in [-0.05, 0) is 158 Å². The Balaban J connectivity index is 1.22. The maximum absolute atomic E-state index is 10.5. The highest BCUT2D eigenvalue weighted by molar-refractivity contribution is 6.93. The van der Waals surface area contributed by atoms with Crippen LogP contribution in [0.1, 0.15) is 122 Å². The van der Waals surface area contributed by atoms with Gasteiger partial charge in [-0.3, -0.25) is 0 Å². The molecule has 0 radical (unpaired) electrons. The van der Waals surface area contributed by atoms with Crippen LogP contribution >= 0.6 is 0 Å². The van der Waals surface area contributed by atoms with Crippen molar-refractivity contribution in [3.05, 3.63) is 0 Å². The molecular weight excluding hydrogens is 673 g/mol. The van der Waals surface area contributed by atoms with Gasteiger partial charge in [-0.15, -0.1) is 0 Å². The Bertz CT molecular complexity index is 904. The quantitative estimate of drug-likeness (QED) is 0.136. The molecule has 6 rings (SSSR count). The molecular formula is C36H70O8Si4. The molecule has 4 saturated carbocycles. The summed E-state index contributed by atoms with van der Waals surface area (Å²) in [4.78, 5) is 0. The van der Waals surface area contributed by atoms with Gasteiger partial charge >= 0.3 is 34.2 Å². The third-order valence-corrected chi connectivity index (χ3v) is 31.7. The van der Waals surface area contributed by atoms with Gasteiger partial charge in [0.2, 0.25) is 0 Å². The monoisotopic (exact) mass is 742 g/mol. The second-order valence-electron chi connectivity index (χ2n) is 18.0. The average molecular weight is 743 g/mol. The Labute approximate surface area is 296 Å². The van der Waals surface area contributed by atoms with Crippen LogP contribution in [0.2, 0.25) is 50.4 Å². The van der Waals surface area contributed by atoms with Gasteiger partial charge in [-0.25, -0.2) is 0 Å². The topological polar surface area (TPSA) is 110 Å². The minimum absolute atomic E-state index is 0.170. The SMILES string of the molecule is C[Si]1(CCC2CCCC(O)C2)O[Si](C)(CCC2CCCC(O)C2)O[Si](C)(CCC2CCC3OC3C2)O[Si](C)(CCC2CCCC(O)C2)O1. The zero-order valence-electron chi connectivity index (χ0n) is 30.8. The van der Waals surface area contributed by atoms with E-state index in [0.717, 1.165) is 108 Å². The van der Waals surface area contributed by atoms with Crippen LogP contribution in [0, 0.1) is 23.7 Å². The molecule has 0 aromatic rings. The highest BCUT2D eigenvalue weighted by Crippen LogP contribution is 2.45. The van der Waals surface area contributed by atoms with Gasteiger partial charge < -0.3 is 36.5 Å². The van der Waals surface area contributed by atoms with E-state index >= 15 is 0 Å². The predicted octanol–water partition coefficient (Wildman–Crippen LogP) is 8.14. The molecule has 48 heavy (non-hydrogen) atoms. The summed E-state index contributed by atoms with van der Waals surface area (Å²) in [5, 5.41) is 31.4. The smallest absolute Gasteiger partial charge is 0.317 e. The standard InChI is InChI=1S/C36H70O8Si4/c1-45(20-16-28-8-5-11-32(37)24-28)41-46(2,21-17-29-9-6-12-33(38)25-29)43-48(4,23-19-31-14-15-35-36(27-31)40-35)44-47(3,42-45)22-18-30-10-7-13-34(39)26-30/h28-39H,5-27H2,1-4H3. The van der Waals surface area contributed by atoms with E-state index < -0.39 is 34.2 Å². The molecule has 2 aliphatic heterocycles. The molecule has 8 nitrogen and oxygen atoms in total. The van der Waals surface area contributed by atoms with Crippen molar-refractivity contribution in [1.29, 1.82) is 0 Å². The van der Waals surface area contributed by atoms with Crippen LogP contribution < -0.4 is 0 Å². The van der Waals surface area contributed by atoms with Crippen molar-refractivity contribution in [2.45, 2.75) is 203 Å². The molecule has 0 amide bonds. The van der Waals surface area contributed by atoms with E-state index in [2.05, 4.69) is 26.2 Å². The lowest BCUT2D eigenvalue weighted by molar-refractivity contribution is 0.0976. The van der Waals surface area contributed by atoms with Crippen LogP contribution in [-0.2, 0) is 21.2 Å². The van der Waals surface area contributed by atoms with Crippen LogP contribution in [0.5, 0.6) is 0 Å². The van der Waals surface area contributed by atoms with Crippen LogP contribution in [0.4, 0.5) is 0 Å². The summed E-state index contributed by atoms with van der Waals surface area (Å²) in [6, 6.07) is 3.78. The summed E-state index contributed by atoms with van der Waals surface area (Å²) in [6.07, 6.45) is 20.8. The van der Waals surface area contributed by atoms with Gasteiger partial charge in [0.15, 0.2) is 0 Å². The fourth-order valence-corrected chi connectivity index (χ4v) is 34.3. The Morgan fingerprint density at radius 1 is 0.417 bits per heavy atom.